The summed E-state index contributed by atoms with van der Waals surface area (Å²) < 4.78 is 24.2. The maximum Gasteiger partial charge on any atom is 0.276 e. The average Bonchev–Trinajstić information content (AvgIpc) is 2.55. The Morgan fingerprint density at radius 2 is 1.79 bits per heavy atom. The quantitative estimate of drug-likeness (QED) is 0.563. The van der Waals surface area contributed by atoms with Crippen LogP contribution >= 0.6 is 0 Å². The second-order valence-electron chi connectivity index (χ2n) is 5.31. The molecule has 0 amide bonds. The second-order valence-corrected chi connectivity index (χ2v) is 6.97. The van der Waals surface area contributed by atoms with Crippen LogP contribution in [0.1, 0.15) is 11.1 Å². The van der Waals surface area contributed by atoms with E-state index in [1.54, 1.807) is 24.3 Å². The highest BCUT2D eigenvalue weighted by atomic mass is 32.2. The number of aryl methyl sites for hydroxylation is 1. The molecule has 1 aromatic heterocycles. The Kier molecular flexibility index (Phi) is 4.18. The van der Waals surface area contributed by atoms with Crippen molar-refractivity contribution in [2.24, 2.45) is 5.10 Å². The lowest BCUT2D eigenvalue weighted by Gasteiger charge is -2.03. The van der Waals surface area contributed by atoms with E-state index in [1.165, 1.54) is 18.3 Å². The van der Waals surface area contributed by atoms with Crippen LogP contribution in [0.2, 0.25) is 0 Å². The second kappa shape index (κ2) is 6.29. The molecule has 0 spiro atoms. The fourth-order valence-corrected chi connectivity index (χ4v) is 2.99. The first-order valence-electron chi connectivity index (χ1n) is 7.19. The molecule has 2 N–H and O–H groups in total. The van der Waals surface area contributed by atoms with Gasteiger partial charge in [0.15, 0.2) is 0 Å². The lowest BCUT2D eigenvalue weighted by atomic mass is 10.2. The first-order chi connectivity index (χ1) is 11.5. The number of aromatic nitrogens is 1. The van der Waals surface area contributed by atoms with Gasteiger partial charge in [-0.05, 0) is 36.6 Å². The zero-order valence-corrected chi connectivity index (χ0v) is 13.7. The van der Waals surface area contributed by atoms with E-state index >= 15 is 0 Å². The molecule has 3 aromatic rings. The summed E-state index contributed by atoms with van der Waals surface area (Å²) in [6, 6.07) is 15.3. The Labute approximate surface area is 138 Å². The molecule has 3 rings (SSSR count). The molecule has 122 valence electrons. The van der Waals surface area contributed by atoms with Crippen LogP contribution in [0, 0.1) is 6.92 Å². The van der Waals surface area contributed by atoms with Crippen molar-refractivity contribution in [2.45, 2.75) is 11.8 Å². The summed E-state index contributed by atoms with van der Waals surface area (Å²) in [5.74, 6) is 0. The Hall–Kier alpha value is -2.93. The number of aromatic amines is 1. The number of nitrogens with zero attached hydrogens (tertiary/aromatic N) is 1. The van der Waals surface area contributed by atoms with Crippen LogP contribution < -0.4 is 10.4 Å². The van der Waals surface area contributed by atoms with Gasteiger partial charge in [0, 0.05) is 5.52 Å². The van der Waals surface area contributed by atoms with E-state index in [4.69, 9.17) is 0 Å². The van der Waals surface area contributed by atoms with Crippen molar-refractivity contribution in [3.05, 3.63) is 76.1 Å². The highest BCUT2D eigenvalue weighted by Gasteiger charge is 2.11. The number of nitrogens with one attached hydrogen (secondary N) is 2. The molecule has 7 heteroatoms. The van der Waals surface area contributed by atoms with E-state index in [1.807, 2.05) is 25.1 Å². The fourth-order valence-electron chi connectivity index (χ4n) is 2.20. The molecule has 0 radical (unpaired) electrons. The van der Waals surface area contributed by atoms with Crippen molar-refractivity contribution < 1.29 is 8.42 Å². The summed E-state index contributed by atoms with van der Waals surface area (Å²) in [4.78, 5) is 16.9. The van der Waals surface area contributed by atoms with Crippen LogP contribution in [0.5, 0.6) is 0 Å². The molecule has 1 heterocycles. The summed E-state index contributed by atoms with van der Waals surface area (Å²) in [6.07, 6.45) is 1.19. The minimum absolute atomic E-state index is 0.109. The number of fused-ring (bicyclic) bond motifs is 1. The van der Waals surface area contributed by atoms with Crippen molar-refractivity contribution in [3.8, 4) is 0 Å². The highest BCUT2D eigenvalue weighted by molar-refractivity contribution is 7.89. The molecule has 0 saturated heterocycles. The van der Waals surface area contributed by atoms with Crippen molar-refractivity contribution in [3.63, 3.8) is 0 Å². The first-order valence-corrected chi connectivity index (χ1v) is 8.68. The Morgan fingerprint density at radius 1 is 1.08 bits per heavy atom. The number of sulfonamides is 1. The minimum Gasteiger partial charge on any atom is -0.321 e. The third kappa shape index (κ3) is 3.36. The summed E-state index contributed by atoms with van der Waals surface area (Å²) in [7, 11) is -3.76. The van der Waals surface area contributed by atoms with Crippen LogP contribution in [-0.2, 0) is 10.0 Å². The van der Waals surface area contributed by atoms with Crippen molar-refractivity contribution >= 4 is 27.1 Å². The highest BCUT2D eigenvalue weighted by Crippen LogP contribution is 2.10. The van der Waals surface area contributed by atoms with Gasteiger partial charge in [-0.25, -0.2) is 4.83 Å². The zero-order chi connectivity index (χ0) is 17.2. The number of H-pyrrole nitrogens is 1. The number of pyridine rings is 1. The normalized spacial score (nSPS) is 11.9. The number of rotatable bonds is 4. The molecule has 0 aliphatic heterocycles. The van der Waals surface area contributed by atoms with E-state index in [0.717, 1.165) is 10.9 Å². The van der Waals surface area contributed by atoms with Gasteiger partial charge in [0.05, 0.1) is 16.7 Å². The molecule has 0 fully saturated rings. The van der Waals surface area contributed by atoms with Gasteiger partial charge in [-0.15, -0.1) is 0 Å². The largest absolute Gasteiger partial charge is 0.321 e. The summed E-state index contributed by atoms with van der Waals surface area (Å²) in [5, 5.41) is 4.53. The van der Waals surface area contributed by atoms with Gasteiger partial charge >= 0.3 is 0 Å². The van der Waals surface area contributed by atoms with E-state index in [2.05, 4.69) is 14.9 Å². The Balaban J connectivity index is 1.85. The van der Waals surface area contributed by atoms with E-state index in [-0.39, 0.29) is 16.0 Å². The van der Waals surface area contributed by atoms with Gasteiger partial charge in [-0.1, -0.05) is 35.9 Å². The van der Waals surface area contributed by atoms with Crippen LogP contribution in [-0.4, -0.2) is 19.6 Å². The molecule has 0 atom stereocenters. The van der Waals surface area contributed by atoms with Crippen LogP contribution in [0.15, 0.2) is 69.4 Å². The van der Waals surface area contributed by atoms with Gasteiger partial charge in [-0.2, -0.15) is 13.5 Å². The van der Waals surface area contributed by atoms with Gasteiger partial charge < -0.3 is 4.98 Å². The summed E-state index contributed by atoms with van der Waals surface area (Å²) in [6.45, 7) is 1.87. The predicted molar refractivity (Wildman–Crippen MR) is 93.7 cm³/mol. The average molecular weight is 341 g/mol. The van der Waals surface area contributed by atoms with Crippen molar-refractivity contribution in [2.75, 3.05) is 0 Å². The van der Waals surface area contributed by atoms with Crippen molar-refractivity contribution in [1.29, 1.82) is 0 Å². The molecule has 2 aromatic carbocycles. The molecule has 0 unspecified atom stereocenters. The molecule has 0 aliphatic carbocycles. The molecule has 6 nitrogen and oxygen atoms in total. The zero-order valence-electron chi connectivity index (χ0n) is 12.9. The molecule has 24 heavy (non-hydrogen) atoms. The molecular weight excluding hydrogens is 326 g/mol. The third-order valence-corrected chi connectivity index (χ3v) is 4.73. The number of hydrogen-bond donors (Lipinski definition) is 2. The fraction of sp³-hybridized carbons (Fsp3) is 0.0588. The van der Waals surface area contributed by atoms with Gasteiger partial charge in [0.25, 0.3) is 15.6 Å². The van der Waals surface area contributed by atoms with E-state index < -0.39 is 10.0 Å². The van der Waals surface area contributed by atoms with Gasteiger partial charge in [0.2, 0.25) is 0 Å². The lowest BCUT2D eigenvalue weighted by Crippen LogP contribution is -2.19. The Morgan fingerprint density at radius 3 is 2.54 bits per heavy atom. The molecular formula is C17H15N3O3S. The minimum atomic E-state index is -3.76. The smallest absolute Gasteiger partial charge is 0.276 e. The lowest BCUT2D eigenvalue weighted by molar-refractivity contribution is 0.584. The number of hydrogen-bond acceptors (Lipinski definition) is 4. The molecule has 0 bridgehead atoms. The number of para-hydroxylation sites is 1. The standard InChI is InChI=1S/C17H15N3O3S/c1-12-6-8-15(9-7-12)24(22,23)20-18-11-14-10-13-4-2-3-5-16(13)19-17(14)21/h2-11,20H,1H3,(H,19,21)/b18-11-. The SMILES string of the molecule is Cc1ccc(S(=O)(=O)N/N=C\c2cc3ccccc3[nH]c2=O)cc1. The summed E-state index contributed by atoms with van der Waals surface area (Å²) >= 11 is 0. The van der Waals surface area contributed by atoms with Gasteiger partial charge in [-0.3, -0.25) is 4.79 Å². The molecule has 0 aliphatic rings. The monoisotopic (exact) mass is 341 g/mol. The van der Waals surface area contributed by atoms with E-state index in [9.17, 15) is 13.2 Å². The first kappa shape index (κ1) is 15.9. The number of hydrazone groups is 1. The number of benzene rings is 2. The van der Waals surface area contributed by atoms with E-state index in [0.29, 0.717) is 5.52 Å². The topological polar surface area (TPSA) is 91.4 Å². The Bertz CT molecular complexity index is 1070. The predicted octanol–water partition coefficient (Wildman–Crippen LogP) is 2.15. The van der Waals surface area contributed by atoms with Crippen LogP contribution in [0.4, 0.5) is 0 Å². The van der Waals surface area contributed by atoms with Gasteiger partial charge in [0.1, 0.15) is 0 Å². The maximum absolute atomic E-state index is 12.1. The maximum atomic E-state index is 12.1. The summed E-state index contributed by atoms with van der Waals surface area (Å²) in [5.41, 5.74) is 1.59. The van der Waals surface area contributed by atoms with Crippen LogP contribution in [0.3, 0.4) is 0 Å². The van der Waals surface area contributed by atoms with Crippen molar-refractivity contribution in [1.82, 2.24) is 9.82 Å². The third-order valence-electron chi connectivity index (χ3n) is 3.49. The van der Waals surface area contributed by atoms with Crippen LogP contribution in [0.25, 0.3) is 10.9 Å². The molecule has 0 saturated carbocycles.